The summed E-state index contributed by atoms with van der Waals surface area (Å²) in [7, 11) is 0. The van der Waals surface area contributed by atoms with Gasteiger partial charge in [0.15, 0.2) is 0 Å². The largest absolute Gasteiger partial charge is 0.299 e. The normalized spacial score (nSPS) is 23.3. The average molecular weight is 405 g/mol. The maximum Gasteiger partial charge on any atom is 0.136 e. The van der Waals surface area contributed by atoms with Gasteiger partial charge >= 0.3 is 0 Å². The predicted octanol–water partition coefficient (Wildman–Crippen LogP) is 8.36. The van der Waals surface area contributed by atoms with Crippen LogP contribution in [0.2, 0.25) is 0 Å². The monoisotopic (exact) mass is 404 g/mol. The van der Waals surface area contributed by atoms with E-state index in [1.165, 1.54) is 109 Å². The first-order valence-corrected chi connectivity index (χ1v) is 13.3. The van der Waals surface area contributed by atoms with E-state index < -0.39 is 0 Å². The number of rotatable bonds is 5. The number of carbonyl (C=O) groups excluding carboxylic acids is 2. The topological polar surface area (TPSA) is 34.1 Å². The van der Waals surface area contributed by atoms with E-state index in [-0.39, 0.29) is 11.8 Å². The van der Waals surface area contributed by atoms with Gasteiger partial charge in [-0.1, -0.05) is 109 Å². The van der Waals surface area contributed by atoms with Gasteiger partial charge in [0.05, 0.1) is 0 Å². The lowest BCUT2D eigenvalue weighted by Gasteiger charge is -2.18. The molecule has 2 rings (SSSR count). The van der Waals surface area contributed by atoms with Crippen molar-refractivity contribution in [3.8, 4) is 0 Å². The van der Waals surface area contributed by atoms with Crippen molar-refractivity contribution >= 4 is 11.6 Å². The second-order valence-corrected chi connectivity index (χ2v) is 9.99. The van der Waals surface area contributed by atoms with Gasteiger partial charge in [-0.3, -0.25) is 9.59 Å². The average Bonchev–Trinajstić information content (AvgIpc) is 2.78. The highest BCUT2D eigenvalue weighted by molar-refractivity contribution is 5.88. The lowest BCUT2D eigenvalue weighted by molar-refractivity contribution is -0.128. The second kappa shape index (κ2) is 16.1. The highest BCUT2D eigenvalue weighted by atomic mass is 16.1. The standard InChI is InChI=1S/C27H48O2/c28-26(24-18-14-10-6-2-1-3-7-11-15-19-24)22-23-27(29)25-20-16-12-8-4-5-9-13-17-21-25/h24-25H,1-23H2. The minimum absolute atomic E-state index is 0.231. The summed E-state index contributed by atoms with van der Waals surface area (Å²) in [6.45, 7) is 0. The Morgan fingerprint density at radius 3 is 0.828 bits per heavy atom. The molecule has 2 nitrogen and oxygen atoms in total. The molecule has 0 unspecified atom stereocenters. The highest BCUT2D eigenvalue weighted by Gasteiger charge is 2.22. The molecule has 2 aliphatic rings. The Morgan fingerprint density at radius 2 is 0.586 bits per heavy atom. The van der Waals surface area contributed by atoms with Crippen molar-refractivity contribution in [2.45, 2.75) is 148 Å². The lowest BCUT2D eigenvalue weighted by atomic mass is 9.85. The van der Waals surface area contributed by atoms with Crippen LogP contribution in [0.15, 0.2) is 0 Å². The van der Waals surface area contributed by atoms with Crippen molar-refractivity contribution in [2.75, 3.05) is 0 Å². The van der Waals surface area contributed by atoms with Crippen molar-refractivity contribution in [3.05, 3.63) is 0 Å². The molecule has 0 heterocycles. The van der Waals surface area contributed by atoms with Crippen molar-refractivity contribution in [2.24, 2.45) is 11.8 Å². The molecule has 0 N–H and O–H groups in total. The third-order valence-corrected chi connectivity index (χ3v) is 7.49. The van der Waals surface area contributed by atoms with Crippen LogP contribution in [0.25, 0.3) is 0 Å². The Bertz CT molecular complexity index is 418. The van der Waals surface area contributed by atoms with E-state index in [1.54, 1.807) is 0 Å². The van der Waals surface area contributed by atoms with Crippen molar-refractivity contribution in [1.82, 2.24) is 0 Å². The molecule has 0 radical (unpaired) electrons. The van der Waals surface area contributed by atoms with E-state index in [1.807, 2.05) is 0 Å². The van der Waals surface area contributed by atoms with Gasteiger partial charge in [0, 0.05) is 24.7 Å². The van der Waals surface area contributed by atoms with Crippen LogP contribution in [-0.2, 0) is 9.59 Å². The van der Waals surface area contributed by atoms with Crippen LogP contribution < -0.4 is 0 Å². The van der Waals surface area contributed by atoms with Crippen LogP contribution in [0.5, 0.6) is 0 Å². The van der Waals surface area contributed by atoms with Crippen LogP contribution >= 0.6 is 0 Å². The molecule has 2 heteroatoms. The molecule has 2 saturated carbocycles. The Morgan fingerprint density at radius 1 is 0.379 bits per heavy atom. The number of carbonyl (C=O) groups is 2. The molecule has 2 fully saturated rings. The molecule has 0 spiro atoms. The summed E-state index contributed by atoms with van der Waals surface area (Å²) < 4.78 is 0. The third-order valence-electron chi connectivity index (χ3n) is 7.49. The van der Waals surface area contributed by atoms with Crippen molar-refractivity contribution in [1.29, 1.82) is 0 Å². The van der Waals surface area contributed by atoms with E-state index in [0.29, 0.717) is 24.4 Å². The molecule has 0 bridgehead atoms. The van der Waals surface area contributed by atoms with Gasteiger partial charge in [-0.15, -0.1) is 0 Å². The summed E-state index contributed by atoms with van der Waals surface area (Å²) in [5.41, 5.74) is 0. The summed E-state index contributed by atoms with van der Waals surface area (Å²) in [4.78, 5) is 25.8. The highest BCUT2D eigenvalue weighted by Crippen LogP contribution is 2.26. The van der Waals surface area contributed by atoms with E-state index in [0.717, 1.165) is 25.7 Å². The Kier molecular flexibility index (Phi) is 13.6. The Labute approximate surface area is 181 Å². The molecule has 0 saturated heterocycles. The maximum absolute atomic E-state index is 12.9. The van der Waals surface area contributed by atoms with Crippen molar-refractivity contribution in [3.63, 3.8) is 0 Å². The summed E-state index contributed by atoms with van der Waals surface area (Å²) in [6.07, 6.45) is 27.4. The van der Waals surface area contributed by atoms with Crippen LogP contribution in [0.4, 0.5) is 0 Å². The molecule has 0 aromatic carbocycles. The maximum atomic E-state index is 12.9. The minimum Gasteiger partial charge on any atom is -0.299 e. The van der Waals surface area contributed by atoms with Crippen LogP contribution in [0.1, 0.15) is 148 Å². The summed E-state index contributed by atoms with van der Waals surface area (Å²) >= 11 is 0. The minimum atomic E-state index is 0.231. The molecule has 29 heavy (non-hydrogen) atoms. The first-order valence-electron chi connectivity index (χ1n) is 13.3. The van der Waals surface area contributed by atoms with E-state index in [4.69, 9.17) is 0 Å². The smallest absolute Gasteiger partial charge is 0.136 e. The Balaban J connectivity index is 1.76. The zero-order valence-electron chi connectivity index (χ0n) is 19.2. The van der Waals surface area contributed by atoms with Gasteiger partial charge in [0.1, 0.15) is 11.6 Å². The molecular formula is C27H48O2. The molecule has 0 aliphatic heterocycles. The summed E-state index contributed by atoms with van der Waals surface area (Å²) in [5.74, 6) is 1.25. The van der Waals surface area contributed by atoms with Crippen LogP contribution in [-0.4, -0.2) is 11.6 Å². The summed E-state index contributed by atoms with van der Waals surface area (Å²) in [6, 6.07) is 0. The fourth-order valence-electron chi connectivity index (χ4n) is 5.45. The second-order valence-electron chi connectivity index (χ2n) is 9.99. The Hall–Kier alpha value is -0.660. The van der Waals surface area contributed by atoms with E-state index in [9.17, 15) is 9.59 Å². The predicted molar refractivity (Wildman–Crippen MR) is 123 cm³/mol. The molecule has 0 aromatic rings. The fraction of sp³-hybridized carbons (Fsp3) is 0.926. The van der Waals surface area contributed by atoms with Gasteiger partial charge in [0.2, 0.25) is 0 Å². The van der Waals surface area contributed by atoms with Gasteiger partial charge in [-0.2, -0.15) is 0 Å². The molecule has 168 valence electrons. The number of hydrogen-bond acceptors (Lipinski definition) is 2. The lowest BCUT2D eigenvalue weighted by Crippen LogP contribution is -2.20. The van der Waals surface area contributed by atoms with Crippen molar-refractivity contribution < 1.29 is 9.59 Å². The number of hydrogen-bond donors (Lipinski definition) is 0. The first kappa shape index (κ1) is 24.6. The zero-order valence-corrected chi connectivity index (χ0v) is 19.2. The molecule has 0 aromatic heterocycles. The van der Waals surface area contributed by atoms with Crippen LogP contribution in [0, 0.1) is 11.8 Å². The molecule has 2 aliphatic carbocycles. The first-order chi connectivity index (χ1) is 14.3. The SMILES string of the molecule is O=C(CCC(=O)C1CCCCCCCCCC1)C1CCCCCCCCCCC1. The van der Waals surface area contributed by atoms with E-state index >= 15 is 0 Å². The fourth-order valence-corrected chi connectivity index (χ4v) is 5.45. The van der Waals surface area contributed by atoms with Gasteiger partial charge < -0.3 is 0 Å². The molecule has 0 atom stereocenters. The number of Topliss-reactive ketones (excluding diaryl/α,β-unsaturated/α-hetero) is 2. The third kappa shape index (κ3) is 11.3. The molecule has 0 amide bonds. The van der Waals surface area contributed by atoms with Crippen LogP contribution in [0.3, 0.4) is 0 Å². The van der Waals surface area contributed by atoms with E-state index in [2.05, 4.69) is 0 Å². The number of ketones is 2. The quantitative estimate of drug-likeness (QED) is 0.461. The van der Waals surface area contributed by atoms with Gasteiger partial charge in [-0.25, -0.2) is 0 Å². The van der Waals surface area contributed by atoms with Gasteiger partial charge in [0.25, 0.3) is 0 Å². The zero-order chi connectivity index (χ0) is 20.6. The summed E-state index contributed by atoms with van der Waals surface area (Å²) in [5, 5.41) is 0. The van der Waals surface area contributed by atoms with Gasteiger partial charge in [-0.05, 0) is 25.7 Å². The molecular weight excluding hydrogens is 356 g/mol.